The highest BCUT2D eigenvalue weighted by Crippen LogP contribution is 2.28. The summed E-state index contributed by atoms with van der Waals surface area (Å²) in [6.07, 6.45) is 5.40. The Hall–Kier alpha value is -2.94. The highest BCUT2D eigenvalue weighted by atomic mass is 16.6. The Balaban J connectivity index is 1.30. The Morgan fingerprint density at radius 3 is 2.64 bits per heavy atom. The van der Waals surface area contributed by atoms with Crippen LogP contribution in [0.5, 0.6) is 0 Å². The number of carbonyl (C=O) groups excluding carboxylic acids is 3. The second-order valence-electron chi connectivity index (χ2n) is 8.74. The Bertz CT molecular complexity index is 929. The van der Waals surface area contributed by atoms with Crippen LogP contribution in [0.25, 0.3) is 11.1 Å². The molecule has 2 aliphatic rings. The van der Waals surface area contributed by atoms with Gasteiger partial charge in [-0.05, 0) is 24.5 Å². The lowest BCUT2D eigenvalue weighted by molar-refractivity contribution is -0.138. The van der Waals surface area contributed by atoms with Crippen molar-refractivity contribution in [2.24, 2.45) is 5.92 Å². The van der Waals surface area contributed by atoms with Crippen molar-refractivity contribution in [1.82, 2.24) is 15.2 Å². The number of aromatic nitrogens is 1. The molecule has 1 aromatic heterocycles. The van der Waals surface area contributed by atoms with Gasteiger partial charge < -0.3 is 24.1 Å². The van der Waals surface area contributed by atoms with E-state index in [1.54, 1.807) is 17.0 Å². The molecule has 0 radical (unpaired) electrons. The molecule has 1 N–H and O–H groups in total. The first-order valence-corrected chi connectivity index (χ1v) is 11.7. The predicted molar refractivity (Wildman–Crippen MR) is 120 cm³/mol. The van der Waals surface area contributed by atoms with E-state index >= 15 is 0 Å². The van der Waals surface area contributed by atoms with Gasteiger partial charge >= 0.3 is 6.09 Å². The molecule has 1 aromatic carbocycles. The number of morpholine rings is 1. The van der Waals surface area contributed by atoms with Crippen LogP contribution in [0, 0.1) is 5.92 Å². The number of amides is 2. The van der Waals surface area contributed by atoms with Crippen molar-refractivity contribution in [3.63, 3.8) is 0 Å². The lowest BCUT2D eigenvalue weighted by atomic mass is 9.84. The molecule has 0 bridgehead atoms. The van der Waals surface area contributed by atoms with Gasteiger partial charge in [0.15, 0.2) is 18.0 Å². The van der Waals surface area contributed by atoms with Crippen molar-refractivity contribution in [1.29, 1.82) is 0 Å². The molecule has 1 aliphatic heterocycles. The van der Waals surface area contributed by atoms with Crippen LogP contribution < -0.4 is 5.32 Å². The number of oxazole rings is 1. The van der Waals surface area contributed by atoms with Crippen LogP contribution in [0.3, 0.4) is 0 Å². The highest BCUT2D eigenvalue weighted by Gasteiger charge is 2.30. The van der Waals surface area contributed by atoms with Crippen molar-refractivity contribution in [2.45, 2.75) is 51.0 Å². The first-order valence-electron chi connectivity index (χ1n) is 11.7. The van der Waals surface area contributed by atoms with Crippen LogP contribution in [0.2, 0.25) is 0 Å². The predicted octanol–water partition coefficient (Wildman–Crippen LogP) is 2.86. The zero-order valence-corrected chi connectivity index (χ0v) is 18.8. The molecule has 9 nitrogen and oxygen atoms in total. The number of benzene rings is 1. The van der Waals surface area contributed by atoms with Gasteiger partial charge in [0.05, 0.1) is 19.6 Å². The van der Waals surface area contributed by atoms with Gasteiger partial charge in [0, 0.05) is 13.1 Å². The maximum absolute atomic E-state index is 13.1. The van der Waals surface area contributed by atoms with Gasteiger partial charge in [-0.3, -0.25) is 9.59 Å². The van der Waals surface area contributed by atoms with Gasteiger partial charge in [-0.15, -0.1) is 0 Å². The Morgan fingerprint density at radius 1 is 1.12 bits per heavy atom. The Kier molecular flexibility index (Phi) is 7.93. The fourth-order valence-electron chi connectivity index (χ4n) is 4.53. The Labute approximate surface area is 192 Å². The molecular weight excluding hydrogens is 426 g/mol. The molecule has 1 aliphatic carbocycles. The molecule has 2 heterocycles. The fourth-order valence-corrected chi connectivity index (χ4v) is 4.53. The lowest BCUT2D eigenvalue weighted by Crippen LogP contribution is -2.52. The molecule has 4 rings (SSSR count). The van der Waals surface area contributed by atoms with E-state index in [1.165, 1.54) is 6.42 Å². The van der Waals surface area contributed by atoms with Crippen LogP contribution in [0.4, 0.5) is 4.79 Å². The number of alkyl carbamates (subject to hydrolysis) is 1. The van der Waals surface area contributed by atoms with Gasteiger partial charge in [0.1, 0.15) is 11.6 Å². The molecule has 1 saturated heterocycles. The first-order chi connectivity index (χ1) is 16.1. The average Bonchev–Trinajstić information content (AvgIpc) is 3.25. The zero-order chi connectivity index (χ0) is 23.0. The maximum atomic E-state index is 13.1. The van der Waals surface area contributed by atoms with Gasteiger partial charge in [-0.25, -0.2) is 9.78 Å². The number of carbonyl (C=O) groups is 3. The van der Waals surface area contributed by atoms with E-state index < -0.39 is 18.7 Å². The van der Waals surface area contributed by atoms with Crippen LogP contribution in [0.15, 0.2) is 28.7 Å². The van der Waals surface area contributed by atoms with E-state index in [1.807, 2.05) is 12.1 Å². The summed E-state index contributed by atoms with van der Waals surface area (Å²) < 4.78 is 16.0. The van der Waals surface area contributed by atoms with Crippen molar-refractivity contribution in [3.8, 4) is 0 Å². The molecule has 1 atom stereocenters. The highest BCUT2D eigenvalue weighted by molar-refractivity contribution is 5.87. The second-order valence-corrected chi connectivity index (χ2v) is 8.74. The number of ketones is 1. The number of hydrogen-bond donors (Lipinski definition) is 1. The molecule has 1 saturated carbocycles. The number of Topliss-reactive ketones (excluding diaryl/α,β-unsaturated/α-hetero) is 1. The minimum atomic E-state index is -0.761. The number of nitrogens with one attached hydrogen (secondary N) is 1. The van der Waals surface area contributed by atoms with Gasteiger partial charge in [0.2, 0.25) is 11.8 Å². The van der Waals surface area contributed by atoms with E-state index in [-0.39, 0.29) is 24.0 Å². The Morgan fingerprint density at radius 2 is 1.88 bits per heavy atom. The zero-order valence-electron chi connectivity index (χ0n) is 18.8. The third-order valence-electron chi connectivity index (χ3n) is 6.26. The molecule has 2 amide bonds. The minimum absolute atomic E-state index is 0.0693. The third-order valence-corrected chi connectivity index (χ3v) is 6.26. The van der Waals surface area contributed by atoms with Gasteiger partial charge in [0.25, 0.3) is 0 Å². The summed E-state index contributed by atoms with van der Waals surface area (Å²) >= 11 is 0. The first kappa shape index (κ1) is 23.2. The number of para-hydroxylation sites is 2. The van der Waals surface area contributed by atoms with Gasteiger partial charge in [-0.2, -0.15) is 0 Å². The number of ether oxygens (including phenoxy) is 2. The van der Waals surface area contributed by atoms with E-state index in [2.05, 4.69) is 10.3 Å². The van der Waals surface area contributed by atoms with Crippen LogP contribution in [0.1, 0.15) is 44.4 Å². The van der Waals surface area contributed by atoms with Gasteiger partial charge in [-0.1, -0.05) is 44.2 Å². The van der Waals surface area contributed by atoms with E-state index in [4.69, 9.17) is 13.9 Å². The summed E-state index contributed by atoms with van der Waals surface area (Å²) in [4.78, 5) is 43.8. The fraction of sp³-hybridized carbons (Fsp3) is 0.583. The van der Waals surface area contributed by atoms with Crippen molar-refractivity contribution in [3.05, 3.63) is 30.2 Å². The van der Waals surface area contributed by atoms with E-state index in [0.29, 0.717) is 49.7 Å². The quantitative estimate of drug-likeness (QED) is 0.649. The average molecular weight is 458 g/mol. The monoisotopic (exact) mass is 457 g/mol. The molecule has 2 fully saturated rings. The SMILES string of the molecule is O=C(COC(=O)NC(CC1CCCCC1)C(=O)N1CCOCC1)Cc1nc2ccccc2o1. The second kappa shape index (κ2) is 11.3. The number of hydrogen-bond acceptors (Lipinski definition) is 7. The standard InChI is InChI=1S/C24H31N3O6/c28-18(15-22-25-19-8-4-5-9-21(19)33-22)16-32-24(30)26-20(14-17-6-2-1-3-7-17)23(29)27-10-12-31-13-11-27/h4-5,8-9,17,20H,1-3,6-7,10-16H2,(H,26,30). The molecule has 178 valence electrons. The molecular formula is C24H31N3O6. The third kappa shape index (κ3) is 6.54. The summed E-state index contributed by atoms with van der Waals surface area (Å²) in [5, 5.41) is 2.72. The van der Waals surface area contributed by atoms with Crippen molar-refractivity contribution < 1.29 is 28.3 Å². The number of fused-ring (bicyclic) bond motifs is 1. The van der Waals surface area contributed by atoms with Crippen LogP contribution >= 0.6 is 0 Å². The lowest BCUT2D eigenvalue weighted by Gasteiger charge is -2.32. The minimum Gasteiger partial charge on any atom is -0.442 e. The molecule has 33 heavy (non-hydrogen) atoms. The summed E-state index contributed by atoms with van der Waals surface area (Å²) in [6.45, 7) is 1.61. The molecule has 9 heteroatoms. The van der Waals surface area contributed by atoms with Crippen molar-refractivity contribution >= 4 is 28.9 Å². The maximum Gasteiger partial charge on any atom is 0.408 e. The normalized spacial score (nSPS) is 18.1. The molecule has 0 spiro atoms. The summed E-state index contributed by atoms with van der Waals surface area (Å²) in [6, 6.07) is 6.58. The van der Waals surface area contributed by atoms with E-state index in [0.717, 1.165) is 25.7 Å². The smallest absolute Gasteiger partial charge is 0.408 e. The summed E-state index contributed by atoms with van der Waals surface area (Å²) in [5.74, 6) is 0.233. The molecule has 1 unspecified atom stereocenters. The van der Waals surface area contributed by atoms with Crippen LogP contribution in [-0.2, 0) is 25.5 Å². The molecule has 2 aromatic rings. The number of rotatable bonds is 8. The topological polar surface area (TPSA) is 111 Å². The largest absolute Gasteiger partial charge is 0.442 e. The summed E-state index contributed by atoms with van der Waals surface area (Å²) in [7, 11) is 0. The summed E-state index contributed by atoms with van der Waals surface area (Å²) in [5.41, 5.74) is 1.28. The van der Waals surface area contributed by atoms with E-state index in [9.17, 15) is 14.4 Å². The van der Waals surface area contributed by atoms with Crippen LogP contribution in [-0.4, -0.2) is 66.6 Å². The van der Waals surface area contributed by atoms with Crippen molar-refractivity contribution in [2.75, 3.05) is 32.9 Å². The number of nitrogens with zero attached hydrogens (tertiary/aromatic N) is 2.